The SMILES string of the molecule is O=C(O)[C@H]1CSC(c2coc3ccccc23)N1. The molecular formula is C12H11NO3S. The summed E-state index contributed by atoms with van der Waals surface area (Å²) in [5.41, 5.74) is 1.86. The molecule has 2 aromatic rings. The first-order valence-electron chi connectivity index (χ1n) is 5.32. The van der Waals surface area contributed by atoms with E-state index >= 15 is 0 Å². The molecule has 1 aromatic heterocycles. The average molecular weight is 249 g/mol. The van der Waals surface area contributed by atoms with Crippen LogP contribution in [0.1, 0.15) is 10.9 Å². The van der Waals surface area contributed by atoms with Crippen LogP contribution in [-0.2, 0) is 4.79 Å². The zero-order chi connectivity index (χ0) is 11.8. The summed E-state index contributed by atoms with van der Waals surface area (Å²) in [5.74, 6) is -0.215. The van der Waals surface area contributed by atoms with Gasteiger partial charge in [-0.05, 0) is 6.07 Å². The van der Waals surface area contributed by atoms with E-state index in [9.17, 15) is 4.79 Å². The summed E-state index contributed by atoms with van der Waals surface area (Å²) < 4.78 is 5.46. The molecule has 0 saturated carbocycles. The normalized spacial score (nSPS) is 24.2. The lowest BCUT2D eigenvalue weighted by Gasteiger charge is -2.08. The standard InChI is InChI=1S/C12H11NO3S/c14-12(15)9-6-17-11(13-9)8-5-16-10-4-2-1-3-7(8)10/h1-5,9,11,13H,6H2,(H,14,15)/t9-,11?/m1/s1. The number of carboxylic acids is 1. The third kappa shape index (κ3) is 1.81. The molecule has 0 spiro atoms. The van der Waals surface area contributed by atoms with Crippen LogP contribution in [0.3, 0.4) is 0 Å². The van der Waals surface area contributed by atoms with E-state index in [2.05, 4.69) is 5.32 Å². The molecule has 2 atom stereocenters. The van der Waals surface area contributed by atoms with Crippen molar-refractivity contribution in [2.75, 3.05) is 5.75 Å². The van der Waals surface area contributed by atoms with Crippen LogP contribution < -0.4 is 5.32 Å². The second-order valence-corrected chi connectivity index (χ2v) is 5.10. The van der Waals surface area contributed by atoms with Crippen molar-refractivity contribution in [2.24, 2.45) is 0 Å². The molecule has 1 saturated heterocycles. The van der Waals surface area contributed by atoms with Gasteiger partial charge in [0.2, 0.25) is 0 Å². The van der Waals surface area contributed by atoms with Gasteiger partial charge < -0.3 is 9.52 Å². The maximum absolute atomic E-state index is 10.9. The smallest absolute Gasteiger partial charge is 0.321 e. The summed E-state index contributed by atoms with van der Waals surface area (Å²) in [6.45, 7) is 0. The molecule has 0 radical (unpaired) electrons. The molecule has 0 aliphatic carbocycles. The number of hydrogen-bond donors (Lipinski definition) is 2. The molecular weight excluding hydrogens is 238 g/mol. The molecule has 2 heterocycles. The first kappa shape index (κ1) is 10.7. The Bertz CT molecular complexity index is 566. The Morgan fingerprint density at radius 1 is 1.47 bits per heavy atom. The molecule has 0 bridgehead atoms. The van der Waals surface area contributed by atoms with Crippen molar-refractivity contribution < 1.29 is 14.3 Å². The van der Waals surface area contributed by atoms with Crippen molar-refractivity contribution in [2.45, 2.75) is 11.4 Å². The Hall–Kier alpha value is -1.46. The van der Waals surface area contributed by atoms with E-state index in [4.69, 9.17) is 9.52 Å². The van der Waals surface area contributed by atoms with E-state index in [1.54, 1.807) is 18.0 Å². The molecule has 17 heavy (non-hydrogen) atoms. The van der Waals surface area contributed by atoms with Gasteiger partial charge in [-0.1, -0.05) is 18.2 Å². The van der Waals surface area contributed by atoms with E-state index in [-0.39, 0.29) is 5.37 Å². The number of para-hydroxylation sites is 1. The third-order valence-corrected chi connectivity index (χ3v) is 4.12. The van der Waals surface area contributed by atoms with Gasteiger partial charge in [0.05, 0.1) is 11.6 Å². The van der Waals surface area contributed by atoms with E-state index < -0.39 is 12.0 Å². The lowest BCUT2D eigenvalue weighted by atomic mass is 10.1. The van der Waals surface area contributed by atoms with E-state index in [0.29, 0.717) is 5.75 Å². The minimum absolute atomic E-state index is 0.000231. The summed E-state index contributed by atoms with van der Waals surface area (Å²) in [5, 5.41) is 13.1. The zero-order valence-corrected chi connectivity index (χ0v) is 9.74. The van der Waals surface area contributed by atoms with Crippen molar-refractivity contribution in [1.29, 1.82) is 0 Å². The Morgan fingerprint density at radius 3 is 3.06 bits per heavy atom. The molecule has 2 N–H and O–H groups in total. The predicted octanol–water partition coefficient (Wildman–Crippen LogP) is 2.22. The molecule has 1 aliphatic rings. The highest BCUT2D eigenvalue weighted by atomic mass is 32.2. The lowest BCUT2D eigenvalue weighted by molar-refractivity contribution is -0.138. The highest BCUT2D eigenvalue weighted by molar-refractivity contribution is 7.99. The Labute approximate surface area is 102 Å². The van der Waals surface area contributed by atoms with Crippen LogP contribution in [-0.4, -0.2) is 22.9 Å². The van der Waals surface area contributed by atoms with Crippen LogP contribution in [0.5, 0.6) is 0 Å². The molecule has 1 aliphatic heterocycles. The highest BCUT2D eigenvalue weighted by Gasteiger charge is 2.31. The van der Waals surface area contributed by atoms with E-state index in [1.165, 1.54) is 0 Å². The van der Waals surface area contributed by atoms with Crippen LogP contribution in [0.2, 0.25) is 0 Å². The number of carbonyl (C=O) groups is 1. The molecule has 1 fully saturated rings. The van der Waals surface area contributed by atoms with Gasteiger partial charge in [-0.15, -0.1) is 11.8 Å². The number of nitrogens with one attached hydrogen (secondary N) is 1. The molecule has 3 rings (SSSR count). The average Bonchev–Trinajstić information content (AvgIpc) is 2.95. The fraction of sp³-hybridized carbons (Fsp3) is 0.250. The summed E-state index contributed by atoms with van der Waals surface area (Å²) in [6.07, 6.45) is 1.71. The first-order valence-corrected chi connectivity index (χ1v) is 6.37. The van der Waals surface area contributed by atoms with Gasteiger partial charge in [-0.3, -0.25) is 10.1 Å². The second-order valence-electron chi connectivity index (χ2n) is 3.96. The van der Waals surface area contributed by atoms with Crippen LogP contribution in [0.25, 0.3) is 11.0 Å². The topological polar surface area (TPSA) is 62.5 Å². The molecule has 1 unspecified atom stereocenters. The van der Waals surface area contributed by atoms with Crippen molar-refractivity contribution in [3.63, 3.8) is 0 Å². The van der Waals surface area contributed by atoms with Gasteiger partial charge in [0.25, 0.3) is 0 Å². The fourth-order valence-corrected chi connectivity index (χ4v) is 3.24. The minimum atomic E-state index is -0.798. The van der Waals surface area contributed by atoms with Gasteiger partial charge in [-0.2, -0.15) is 0 Å². The summed E-state index contributed by atoms with van der Waals surface area (Å²) in [4.78, 5) is 10.9. The number of rotatable bonds is 2. The molecule has 1 aromatic carbocycles. The molecule has 4 nitrogen and oxygen atoms in total. The Morgan fingerprint density at radius 2 is 2.29 bits per heavy atom. The maximum Gasteiger partial charge on any atom is 0.321 e. The van der Waals surface area contributed by atoms with Gasteiger partial charge >= 0.3 is 5.97 Å². The van der Waals surface area contributed by atoms with Crippen LogP contribution >= 0.6 is 11.8 Å². The Kier molecular flexibility index (Phi) is 2.57. The summed E-state index contributed by atoms with van der Waals surface area (Å²) in [7, 11) is 0. The summed E-state index contributed by atoms with van der Waals surface area (Å²) >= 11 is 1.60. The van der Waals surface area contributed by atoms with E-state index in [0.717, 1.165) is 16.5 Å². The summed E-state index contributed by atoms with van der Waals surface area (Å²) in [6, 6.07) is 7.30. The largest absolute Gasteiger partial charge is 0.480 e. The predicted molar refractivity (Wildman–Crippen MR) is 66.0 cm³/mol. The van der Waals surface area contributed by atoms with Crippen LogP contribution in [0.4, 0.5) is 0 Å². The van der Waals surface area contributed by atoms with Crippen LogP contribution in [0.15, 0.2) is 34.9 Å². The fourth-order valence-electron chi connectivity index (χ4n) is 1.99. The van der Waals surface area contributed by atoms with E-state index in [1.807, 2.05) is 24.3 Å². The zero-order valence-electron chi connectivity index (χ0n) is 8.92. The minimum Gasteiger partial charge on any atom is -0.480 e. The van der Waals surface area contributed by atoms with Crippen molar-refractivity contribution in [1.82, 2.24) is 5.32 Å². The monoisotopic (exact) mass is 249 g/mol. The maximum atomic E-state index is 10.9. The molecule has 5 heteroatoms. The Balaban J connectivity index is 1.93. The second kappa shape index (κ2) is 4.09. The number of thioether (sulfide) groups is 1. The molecule has 0 amide bonds. The third-order valence-electron chi connectivity index (χ3n) is 2.87. The molecule has 88 valence electrons. The quantitative estimate of drug-likeness (QED) is 0.854. The first-order chi connectivity index (χ1) is 8.25. The van der Waals surface area contributed by atoms with Crippen molar-refractivity contribution in [3.05, 3.63) is 36.1 Å². The number of fused-ring (bicyclic) bond motifs is 1. The van der Waals surface area contributed by atoms with Gasteiger partial charge in [-0.25, -0.2) is 0 Å². The van der Waals surface area contributed by atoms with Gasteiger partial charge in [0.1, 0.15) is 11.6 Å². The number of hydrogen-bond acceptors (Lipinski definition) is 4. The van der Waals surface area contributed by atoms with Crippen molar-refractivity contribution in [3.8, 4) is 0 Å². The number of aliphatic carboxylic acids is 1. The number of benzene rings is 1. The highest BCUT2D eigenvalue weighted by Crippen LogP contribution is 2.37. The number of carboxylic acid groups (broad SMARTS) is 1. The van der Waals surface area contributed by atoms with Gasteiger partial charge in [0, 0.05) is 16.7 Å². The van der Waals surface area contributed by atoms with Gasteiger partial charge in [0.15, 0.2) is 0 Å². The lowest BCUT2D eigenvalue weighted by Crippen LogP contribution is -2.33. The van der Waals surface area contributed by atoms with Crippen LogP contribution in [0, 0.1) is 0 Å². The number of furan rings is 1. The van der Waals surface area contributed by atoms with Crippen molar-refractivity contribution >= 4 is 28.7 Å².